The molecule has 8 heteroatoms. The molecule has 0 unspecified atom stereocenters. The lowest BCUT2D eigenvalue weighted by atomic mass is 9.97. The van der Waals surface area contributed by atoms with Gasteiger partial charge in [-0.05, 0) is 55.2 Å². The van der Waals surface area contributed by atoms with Crippen LogP contribution in [0.15, 0.2) is 79.4 Å². The summed E-state index contributed by atoms with van der Waals surface area (Å²) in [6.45, 7) is 2.74. The van der Waals surface area contributed by atoms with Crippen molar-refractivity contribution in [1.82, 2.24) is 20.6 Å². The normalized spacial score (nSPS) is 14.1. The first-order chi connectivity index (χ1) is 16.7. The van der Waals surface area contributed by atoms with Crippen molar-refractivity contribution in [1.29, 1.82) is 0 Å². The number of nitrogens with one attached hydrogen (secondary N) is 3. The van der Waals surface area contributed by atoms with Crippen LogP contribution in [0.3, 0.4) is 0 Å². The standard InChI is InChI=1S/C26H30N6O2/c1-27-25(33)21-18-30-26(31-19-21)32-15-11-20(12-16-32)17-28-13-14-29-22-7-9-24(10-8-22)34-23-5-3-2-4-6-23/h2-10,13-14,18-20,28-29H,11-12,15-17H2,1H3,(H,27,33)/b14-13-. The number of ether oxygens (including phenoxy) is 1. The Morgan fingerprint density at radius 1 is 1.00 bits per heavy atom. The fourth-order valence-electron chi connectivity index (χ4n) is 3.76. The zero-order valence-corrected chi connectivity index (χ0v) is 19.3. The van der Waals surface area contributed by atoms with Crippen LogP contribution in [0, 0.1) is 5.92 Å². The van der Waals surface area contributed by atoms with Gasteiger partial charge >= 0.3 is 0 Å². The molecule has 1 aliphatic heterocycles. The number of carbonyl (C=O) groups is 1. The van der Waals surface area contributed by atoms with Crippen LogP contribution in [0.25, 0.3) is 0 Å². The largest absolute Gasteiger partial charge is 0.457 e. The summed E-state index contributed by atoms with van der Waals surface area (Å²) in [4.78, 5) is 22.5. The van der Waals surface area contributed by atoms with E-state index < -0.39 is 0 Å². The van der Waals surface area contributed by atoms with E-state index in [1.807, 2.05) is 67.0 Å². The summed E-state index contributed by atoms with van der Waals surface area (Å²) in [5, 5.41) is 9.23. The Kier molecular flexibility index (Phi) is 7.95. The van der Waals surface area contributed by atoms with E-state index in [0.29, 0.717) is 17.4 Å². The highest BCUT2D eigenvalue weighted by Gasteiger charge is 2.20. The van der Waals surface area contributed by atoms with Crippen molar-refractivity contribution in [2.24, 2.45) is 5.92 Å². The average molecular weight is 459 g/mol. The summed E-state index contributed by atoms with van der Waals surface area (Å²) in [5.74, 6) is 2.74. The molecule has 2 aromatic carbocycles. The second-order valence-electron chi connectivity index (χ2n) is 8.11. The minimum Gasteiger partial charge on any atom is -0.457 e. The monoisotopic (exact) mass is 458 g/mol. The van der Waals surface area contributed by atoms with Crippen molar-refractivity contribution in [3.8, 4) is 11.5 Å². The Hall–Kier alpha value is -4.07. The van der Waals surface area contributed by atoms with Gasteiger partial charge in [-0.25, -0.2) is 9.97 Å². The molecule has 1 amide bonds. The van der Waals surface area contributed by atoms with Crippen molar-refractivity contribution in [2.45, 2.75) is 12.8 Å². The highest BCUT2D eigenvalue weighted by molar-refractivity contribution is 5.93. The number of para-hydroxylation sites is 1. The molecule has 2 heterocycles. The number of benzene rings is 2. The third-order valence-corrected chi connectivity index (χ3v) is 5.72. The second kappa shape index (κ2) is 11.7. The Bertz CT molecular complexity index is 1060. The highest BCUT2D eigenvalue weighted by atomic mass is 16.5. The van der Waals surface area contributed by atoms with Crippen LogP contribution in [0.5, 0.6) is 11.5 Å². The molecule has 0 saturated carbocycles. The van der Waals surface area contributed by atoms with Gasteiger partial charge in [0.05, 0.1) is 5.56 Å². The number of amides is 1. The Morgan fingerprint density at radius 3 is 2.35 bits per heavy atom. The molecule has 1 fully saturated rings. The zero-order chi connectivity index (χ0) is 23.6. The predicted molar refractivity (Wildman–Crippen MR) is 134 cm³/mol. The first kappa shape index (κ1) is 23.1. The lowest BCUT2D eigenvalue weighted by molar-refractivity contribution is 0.0962. The highest BCUT2D eigenvalue weighted by Crippen LogP contribution is 2.23. The van der Waals surface area contributed by atoms with E-state index in [4.69, 9.17) is 4.74 Å². The van der Waals surface area contributed by atoms with Crippen LogP contribution in [0.1, 0.15) is 23.2 Å². The summed E-state index contributed by atoms with van der Waals surface area (Å²) >= 11 is 0. The third-order valence-electron chi connectivity index (χ3n) is 5.72. The summed E-state index contributed by atoms with van der Waals surface area (Å²) in [6.07, 6.45) is 9.15. The zero-order valence-electron chi connectivity index (χ0n) is 19.3. The summed E-state index contributed by atoms with van der Waals surface area (Å²) in [6, 6.07) is 17.6. The number of nitrogens with zero attached hydrogens (tertiary/aromatic N) is 3. The molecule has 0 spiro atoms. The van der Waals surface area contributed by atoms with Gasteiger partial charge in [0.15, 0.2) is 0 Å². The van der Waals surface area contributed by atoms with Crippen LogP contribution in [0.4, 0.5) is 11.6 Å². The quantitative estimate of drug-likeness (QED) is 0.446. The van der Waals surface area contributed by atoms with Gasteiger partial charge in [-0.3, -0.25) is 4.79 Å². The van der Waals surface area contributed by atoms with Crippen molar-refractivity contribution < 1.29 is 9.53 Å². The Labute approximate surface area is 200 Å². The van der Waals surface area contributed by atoms with E-state index in [9.17, 15) is 4.79 Å². The molecule has 0 atom stereocenters. The molecule has 1 saturated heterocycles. The maximum absolute atomic E-state index is 11.6. The Morgan fingerprint density at radius 2 is 1.68 bits per heavy atom. The topological polar surface area (TPSA) is 91.4 Å². The van der Waals surface area contributed by atoms with Crippen LogP contribution in [0.2, 0.25) is 0 Å². The first-order valence-corrected chi connectivity index (χ1v) is 11.5. The van der Waals surface area contributed by atoms with Crippen molar-refractivity contribution in [2.75, 3.05) is 36.9 Å². The van der Waals surface area contributed by atoms with Gasteiger partial charge in [0.25, 0.3) is 5.91 Å². The van der Waals surface area contributed by atoms with Crippen LogP contribution in [-0.4, -0.2) is 42.6 Å². The summed E-state index contributed by atoms with van der Waals surface area (Å²) < 4.78 is 5.81. The number of aromatic nitrogens is 2. The lowest BCUT2D eigenvalue weighted by Crippen LogP contribution is -2.37. The van der Waals surface area contributed by atoms with Crippen molar-refractivity contribution >= 4 is 17.5 Å². The second-order valence-corrected chi connectivity index (χ2v) is 8.11. The van der Waals surface area contributed by atoms with Crippen LogP contribution >= 0.6 is 0 Å². The molecular formula is C26H30N6O2. The molecule has 0 radical (unpaired) electrons. The van der Waals surface area contributed by atoms with Gasteiger partial charge in [0, 0.05) is 57.2 Å². The molecule has 4 rings (SSSR count). The van der Waals surface area contributed by atoms with E-state index in [2.05, 4.69) is 30.8 Å². The van der Waals surface area contributed by atoms with Gasteiger partial charge in [-0.1, -0.05) is 18.2 Å². The first-order valence-electron chi connectivity index (χ1n) is 11.5. The predicted octanol–water partition coefficient (Wildman–Crippen LogP) is 4.02. The molecule has 8 nitrogen and oxygen atoms in total. The number of rotatable bonds is 9. The minimum absolute atomic E-state index is 0.173. The summed E-state index contributed by atoms with van der Waals surface area (Å²) in [5.41, 5.74) is 1.47. The number of anilines is 2. The van der Waals surface area contributed by atoms with Gasteiger partial charge in [-0.15, -0.1) is 0 Å². The van der Waals surface area contributed by atoms with Crippen LogP contribution in [-0.2, 0) is 0 Å². The van der Waals surface area contributed by atoms with Gasteiger partial charge < -0.3 is 25.6 Å². The van der Waals surface area contributed by atoms with Crippen molar-refractivity contribution in [3.63, 3.8) is 0 Å². The van der Waals surface area contributed by atoms with E-state index in [-0.39, 0.29) is 5.91 Å². The fraction of sp³-hybridized carbons (Fsp3) is 0.269. The molecule has 1 aliphatic rings. The smallest absolute Gasteiger partial charge is 0.254 e. The van der Waals surface area contributed by atoms with E-state index in [0.717, 1.165) is 49.7 Å². The molecule has 0 bridgehead atoms. The van der Waals surface area contributed by atoms with Gasteiger partial charge in [-0.2, -0.15) is 0 Å². The SMILES string of the molecule is CNC(=O)c1cnc(N2CCC(CN/C=C\Nc3ccc(Oc4ccccc4)cc3)CC2)nc1. The molecule has 1 aromatic heterocycles. The molecule has 3 aromatic rings. The number of carbonyl (C=O) groups excluding carboxylic acids is 1. The maximum Gasteiger partial charge on any atom is 0.254 e. The molecular weight excluding hydrogens is 428 g/mol. The lowest BCUT2D eigenvalue weighted by Gasteiger charge is -2.31. The molecule has 34 heavy (non-hydrogen) atoms. The number of piperidine rings is 1. The van der Waals surface area contributed by atoms with Crippen LogP contribution < -0.4 is 25.6 Å². The number of hydrogen-bond acceptors (Lipinski definition) is 7. The third kappa shape index (κ3) is 6.48. The van der Waals surface area contributed by atoms with E-state index in [1.54, 1.807) is 19.4 Å². The van der Waals surface area contributed by atoms with Gasteiger partial charge in [0.2, 0.25) is 5.95 Å². The maximum atomic E-state index is 11.6. The van der Waals surface area contributed by atoms with Gasteiger partial charge in [0.1, 0.15) is 11.5 Å². The molecule has 176 valence electrons. The van der Waals surface area contributed by atoms with Crippen molar-refractivity contribution in [3.05, 3.63) is 85.0 Å². The molecule has 3 N–H and O–H groups in total. The molecule has 0 aliphatic carbocycles. The Balaban J connectivity index is 1.14. The summed E-state index contributed by atoms with van der Waals surface area (Å²) in [7, 11) is 1.60. The van der Waals surface area contributed by atoms with E-state index >= 15 is 0 Å². The number of hydrogen-bond donors (Lipinski definition) is 3. The minimum atomic E-state index is -0.173. The fourth-order valence-corrected chi connectivity index (χ4v) is 3.76. The van der Waals surface area contributed by atoms with E-state index in [1.165, 1.54) is 0 Å². The average Bonchev–Trinajstić information content (AvgIpc) is 2.90.